The van der Waals surface area contributed by atoms with Gasteiger partial charge in [-0.2, -0.15) is 0 Å². The predicted molar refractivity (Wildman–Crippen MR) is 120 cm³/mol. The molecule has 2 amide bonds. The van der Waals surface area contributed by atoms with E-state index in [4.69, 9.17) is 4.74 Å². The van der Waals surface area contributed by atoms with Crippen molar-refractivity contribution in [1.29, 1.82) is 0 Å². The minimum Gasteiger partial charge on any atom is -0.492 e. The number of anilines is 1. The van der Waals surface area contributed by atoms with Gasteiger partial charge in [0.15, 0.2) is 11.0 Å². The van der Waals surface area contributed by atoms with Crippen molar-refractivity contribution in [3.05, 3.63) is 65.7 Å². The number of hydrogen-bond donors (Lipinski definition) is 2. The summed E-state index contributed by atoms with van der Waals surface area (Å²) in [5, 5.41) is 14.3. The molecule has 1 aromatic heterocycles. The highest BCUT2D eigenvalue weighted by Crippen LogP contribution is 2.25. The van der Waals surface area contributed by atoms with Crippen LogP contribution in [0.5, 0.6) is 5.75 Å². The lowest BCUT2D eigenvalue weighted by Gasteiger charge is -2.14. The van der Waals surface area contributed by atoms with Crippen molar-refractivity contribution in [3.63, 3.8) is 0 Å². The van der Waals surface area contributed by atoms with Gasteiger partial charge >= 0.3 is 0 Å². The van der Waals surface area contributed by atoms with Crippen LogP contribution in [0.15, 0.2) is 53.7 Å². The van der Waals surface area contributed by atoms with Crippen LogP contribution in [0.4, 0.5) is 10.1 Å². The van der Waals surface area contributed by atoms with Crippen LogP contribution < -0.4 is 15.4 Å². The van der Waals surface area contributed by atoms with Crippen LogP contribution in [0, 0.1) is 5.82 Å². The summed E-state index contributed by atoms with van der Waals surface area (Å²) in [7, 11) is 1.74. The third-order valence-corrected chi connectivity index (χ3v) is 5.54. The van der Waals surface area contributed by atoms with Crippen molar-refractivity contribution in [2.24, 2.45) is 7.05 Å². The van der Waals surface area contributed by atoms with E-state index in [-0.39, 0.29) is 17.2 Å². The first-order chi connectivity index (χ1) is 15.4. The standard InChI is InChI=1S/C22H24FN5O3S/c1-4-31-18-12-8-7-11-17(18)25-19(29)13-32-22-27-26-20(28(22)3)14(2)24-21(30)15-9-5-6-10-16(15)23/h5-12,14H,4,13H2,1-3H3,(H,24,30)(H,25,29)/t14-/m0/s1. The number of nitrogens with one attached hydrogen (secondary N) is 2. The molecule has 0 aliphatic heterocycles. The molecule has 2 N–H and O–H groups in total. The van der Waals surface area contributed by atoms with E-state index in [1.165, 1.54) is 30.0 Å². The molecule has 1 heterocycles. The summed E-state index contributed by atoms with van der Waals surface area (Å²) in [4.78, 5) is 24.7. The number of thioether (sulfide) groups is 1. The summed E-state index contributed by atoms with van der Waals surface area (Å²) in [6.45, 7) is 4.10. The molecule has 1 atom stereocenters. The van der Waals surface area contributed by atoms with Gasteiger partial charge in [-0.05, 0) is 38.1 Å². The molecule has 0 bridgehead atoms. The van der Waals surface area contributed by atoms with Crippen LogP contribution in [-0.2, 0) is 11.8 Å². The zero-order valence-electron chi connectivity index (χ0n) is 18.0. The van der Waals surface area contributed by atoms with Crippen LogP contribution >= 0.6 is 11.8 Å². The monoisotopic (exact) mass is 457 g/mol. The van der Waals surface area contributed by atoms with Crippen LogP contribution in [0.1, 0.15) is 36.1 Å². The fraction of sp³-hybridized carbons (Fsp3) is 0.273. The quantitative estimate of drug-likeness (QED) is 0.477. The van der Waals surface area contributed by atoms with E-state index in [1.807, 2.05) is 19.1 Å². The lowest BCUT2D eigenvalue weighted by Crippen LogP contribution is -2.29. The average Bonchev–Trinajstić information content (AvgIpc) is 3.14. The smallest absolute Gasteiger partial charge is 0.254 e. The van der Waals surface area contributed by atoms with Crippen LogP contribution in [-0.4, -0.2) is 38.9 Å². The number of amides is 2. The Bertz CT molecular complexity index is 1100. The molecule has 0 saturated carbocycles. The number of rotatable bonds is 9. The fourth-order valence-corrected chi connectivity index (χ4v) is 3.70. The van der Waals surface area contributed by atoms with Crippen LogP contribution in [0.2, 0.25) is 0 Å². The Labute approximate surface area is 189 Å². The molecule has 2 aromatic carbocycles. The van der Waals surface area contributed by atoms with E-state index in [1.54, 1.807) is 36.7 Å². The van der Waals surface area contributed by atoms with E-state index >= 15 is 0 Å². The first-order valence-corrected chi connectivity index (χ1v) is 11.0. The van der Waals surface area contributed by atoms with Crippen molar-refractivity contribution in [3.8, 4) is 5.75 Å². The molecule has 168 valence electrons. The summed E-state index contributed by atoms with van der Waals surface area (Å²) in [6, 6.07) is 12.5. The lowest BCUT2D eigenvalue weighted by molar-refractivity contribution is -0.113. The summed E-state index contributed by atoms with van der Waals surface area (Å²) < 4.78 is 21.0. The molecule has 32 heavy (non-hydrogen) atoms. The number of para-hydroxylation sites is 2. The van der Waals surface area contributed by atoms with E-state index < -0.39 is 17.8 Å². The van der Waals surface area contributed by atoms with Gasteiger partial charge in [-0.3, -0.25) is 9.59 Å². The number of carbonyl (C=O) groups excluding carboxylic acids is 2. The van der Waals surface area contributed by atoms with Crippen LogP contribution in [0.3, 0.4) is 0 Å². The topological polar surface area (TPSA) is 98.1 Å². The van der Waals surface area contributed by atoms with E-state index in [9.17, 15) is 14.0 Å². The predicted octanol–water partition coefficient (Wildman–Crippen LogP) is 3.57. The minimum absolute atomic E-state index is 0.0416. The lowest BCUT2D eigenvalue weighted by atomic mass is 10.2. The SMILES string of the molecule is CCOc1ccccc1NC(=O)CSc1nnc([C@H](C)NC(=O)c2ccccc2F)n1C. The molecule has 0 spiro atoms. The van der Waals surface area contributed by atoms with Crippen molar-refractivity contribution >= 4 is 29.3 Å². The molecule has 0 saturated heterocycles. The Morgan fingerprint density at radius 1 is 1.16 bits per heavy atom. The molecule has 0 radical (unpaired) electrons. The Kier molecular flexibility index (Phi) is 7.82. The maximum Gasteiger partial charge on any atom is 0.254 e. The number of halogens is 1. The molecule has 0 aliphatic rings. The summed E-state index contributed by atoms with van der Waals surface area (Å²) in [5.74, 6) is -0.147. The Morgan fingerprint density at radius 3 is 2.62 bits per heavy atom. The first kappa shape index (κ1) is 23.3. The highest BCUT2D eigenvalue weighted by atomic mass is 32.2. The van der Waals surface area contributed by atoms with Gasteiger partial charge in [0.25, 0.3) is 5.91 Å². The molecule has 8 nitrogen and oxygen atoms in total. The van der Waals surface area contributed by atoms with Crippen molar-refractivity contribution < 1.29 is 18.7 Å². The Hall–Kier alpha value is -3.40. The molecule has 10 heteroatoms. The first-order valence-electron chi connectivity index (χ1n) is 9.99. The minimum atomic E-state index is -0.594. The van der Waals surface area contributed by atoms with Gasteiger partial charge in [-0.15, -0.1) is 10.2 Å². The van der Waals surface area contributed by atoms with E-state index in [0.717, 1.165) is 0 Å². The molecule has 0 fully saturated rings. The van der Waals surface area contributed by atoms with E-state index in [0.29, 0.717) is 29.0 Å². The molecule has 0 unspecified atom stereocenters. The van der Waals surface area contributed by atoms with Crippen LogP contribution in [0.25, 0.3) is 0 Å². The zero-order chi connectivity index (χ0) is 23.1. The Balaban J connectivity index is 1.59. The fourth-order valence-electron chi connectivity index (χ4n) is 2.98. The summed E-state index contributed by atoms with van der Waals surface area (Å²) in [5.41, 5.74) is 0.559. The highest BCUT2D eigenvalue weighted by Gasteiger charge is 2.20. The second kappa shape index (κ2) is 10.8. The molecule has 3 rings (SSSR count). The molecular weight excluding hydrogens is 433 g/mol. The molecular formula is C22H24FN5O3S. The number of carbonyl (C=O) groups is 2. The van der Waals surface area contributed by atoms with Crippen molar-refractivity contribution in [2.45, 2.75) is 25.0 Å². The molecule has 3 aromatic rings. The second-order valence-electron chi connectivity index (χ2n) is 6.84. The third kappa shape index (κ3) is 5.64. The van der Waals surface area contributed by atoms with Gasteiger partial charge in [0.05, 0.1) is 29.7 Å². The van der Waals surface area contributed by atoms with Gasteiger partial charge in [-0.25, -0.2) is 4.39 Å². The Morgan fingerprint density at radius 2 is 1.88 bits per heavy atom. The highest BCUT2D eigenvalue weighted by molar-refractivity contribution is 7.99. The number of benzene rings is 2. The van der Waals surface area contributed by atoms with Gasteiger partial charge in [0.2, 0.25) is 5.91 Å². The number of ether oxygens (including phenoxy) is 1. The number of aromatic nitrogens is 3. The summed E-state index contributed by atoms with van der Waals surface area (Å²) in [6.07, 6.45) is 0. The average molecular weight is 458 g/mol. The van der Waals surface area contributed by atoms with Crippen molar-refractivity contribution in [2.75, 3.05) is 17.7 Å². The van der Waals surface area contributed by atoms with E-state index in [2.05, 4.69) is 20.8 Å². The van der Waals surface area contributed by atoms with Gasteiger partial charge in [0, 0.05) is 7.05 Å². The molecule has 0 aliphatic carbocycles. The number of hydrogen-bond acceptors (Lipinski definition) is 6. The maximum atomic E-state index is 13.8. The normalized spacial score (nSPS) is 11.6. The third-order valence-electron chi connectivity index (χ3n) is 4.52. The van der Waals surface area contributed by atoms with Gasteiger partial charge in [-0.1, -0.05) is 36.0 Å². The number of nitrogens with zero attached hydrogens (tertiary/aromatic N) is 3. The zero-order valence-corrected chi connectivity index (χ0v) is 18.8. The maximum absolute atomic E-state index is 13.8. The van der Waals surface area contributed by atoms with Gasteiger partial charge in [0.1, 0.15) is 11.6 Å². The van der Waals surface area contributed by atoms with Crippen molar-refractivity contribution in [1.82, 2.24) is 20.1 Å². The largest absolute Gasteiger partial charge is 0.492 e. The second-order valence-corrected chi connectivity index (χ2v) is 7.78. The van der Waals surface area contributed by atoms with Gasteiger partial charge < -0.3 is 19.9 Å². The summed E-state index contributed by atoms with van der Waals surface area (Å²) >= 11 is 1.21.